The fraction of sp³-hybridized carbons (Fsp3) is 0.692. The normalized spacial score (nSPS) is 33.4. The summed E-state index contributed by atoms with van der Waals surface area (Å²) in [6.07, 6.45) is 6.31. The van der Waals surface area contributed by atoms with E-state index in [1.165, 1.54) is 7.11 Å². The number of ketones is 1. The van der Waals surface area contributed by atoms with E-state index in [2.05, 4.69) is 12.2 Å². The summed E-state index contributed by atoms with van der Waals surface area (Å²) in [5, 5.41) is 0. The van der Waals surface area contributed by atoms with Gasteiger partial charge in [0.05, 0.1) is 7.11 Å². The molecular formula is C13H20O3. The van der Waals surface area contributed by atoms with Crippen molar-refractivity contribution < 1.29 is 14.3 Å². The van der Waals surface area contributed by atoms with Gasteiger partial charge in [-0.25, -0.2) is 0 Å². The van der Waals surface area contributed by atoms with Gasteiger partial charge in [0.1, 0.15) is 11.7 Å². The molecule has 0 spiro atoms. The lowest BCUT2D eigenvalue weighted by molar-refractivity contribution is -0.151. The summed E-state index contributed by atoms with van der Waals surface area (Å²) in [5.74, 6) is -0.617. The van der Waals surface area contributed by atoms with E-state index in [1.807, 2.05) is 13.8 Å². The molecule has 3 atom stereocenters. The van der Waals surface area contributed by atoms with Crippen molar-refractivity contribution >= 4 is 11.8 Å². The zero-order valence-corrected chi connectivity index (χ0v) is 10.2. The monoisotopic (exact) mass is 224 g/mol. The van der Waals surface area contributed by atoms with Crippen LogP contribution in [0.4, 0.5) is 0 Å². The Morgan fingerprint density at radius 2 is 1.94 bits per heavy atom. The van der Waals surface area contributed by atoms with Gasteiger partial charge in [0.15, 0.2) is 0 Å². The molecule has 0 saturated carbocycles. The highest BCUT2D eigenvalue weighted by atomic mass is 16.5. The van der Waals surface area contributed by atoms with Gasteiger partial charge in [0, 0.05) is 6.42 Å². The van der Waals surface area contributed by atoms with Crippen LogP contribution in [0.1, 0.15) is 33.1 Å². The second-order valence-corrected chi connectivity index (χ2v) is 4.70. The number of allylic oxidation sites excluding steroid dienone is 2. The predicted molar refractivity (Wildman–Crippen MR) is 61.8 cm³/mol. The summed E-state index contributed by atoms with van der Waals surface area (Å²) < 4.78 is 4.72. The molecule has 0 bridgehead atoms. The maximum atomic E-state index is 12.0. The first-order valence-electron chi connectivity index (χ1n) is 5.81. The van der Waals surface area contributed by atoms with Crippen molar-refractivity contribution in [1.29, 1.82) is 0 Å². The van der Waals surface area contributed by atoms with Crippen LogP contribution in [0.2, 0.25) is 0 Å². The van der Waals surface area contributed by atoms with Gasteiger partial charge in [0.2, 0.25) is 0 Å². The third kappa shape index (κ3) is 3.19. The van der Waals surface area contributed by atoms with E-state index in [0.29, 0.717) is 12.3 Å². The lowest BCUT2D eigenvalue weighted by Crippen LogP contribution is -2.31. The summed E-state index contributed by atoms with van der Waals surface area (Å²) in [4.78, 5) is 23.6. The first kappa shape index (κ1) is 12.9. The van der Waals surface area contributed by atoms with Crippen LogP contribution >= 0.6 is 0 Å². The van der Waals surface area contributed by atoms with Crippen LogP contribution in [0.5, 0.6) is 0 Å². The minimum absolute atomic E-state index is 0.0237. The van der Waals surface area contributed by atoms with E-state index >= 15 is 0 Å². The average Bonchev–Trinajstić information content (AvgIpc) is 2.28. The third-order valence-electron chi connectivity index (χ3n) is 3.13. The molecular weight excluding hydrogens is 204 g/mol. The van der Waals surface area contributed by atoms with E-state index < -0.39 is 5.92 Å². The minimum Gasteiger partial charge on any atom is -0.468 e. The number of ether oxygens (including phenoxy) is 1. The fourth-order valence-electron chi connectivity index (χ4n) is 2.14. The smallest absolute Gasteiger partial charge is 0.316 e. The number of hydrogen-bond donors (Lipinski definition) is 0. The van der Waals surface area contributed by atoms with Gasteiger partial charge in [-0.2, -0.15) is 0 Å². The van der Waals surface area contributed by atoms with Gasteiger partial charge in [-0.3, -0.25) is 9.59 Å². The zero-order chi connectivity index (χ0) is 12.1. The van der Waals surface area contributed by atoms with Gasteiger partial charge in [-0.1, -0.05) is 26.0 Å². The first-order valence-corrected chi connectivity index (χ1v) is 5.81. The molecule has 0 amide bonds. The van der Waals surface area contributed by atoms with Crippen LogP contribution in [0.15, 0.2) is 12.2 Å². The quantitative estimate of drug-likeness (QED) is 0.390. The van der Waals surface area contributed by atoms with E-state index in [1.54, 1.807) is 0 Å². The minimum atomic E-state index is -0.588. The highest BCUT2D eigenvalue weighted by Gasteiger charge is 2.33. The van der Waals surface area contributed by atoms with Crippen molar-refractivity contribution in [2.45, 2.75) is 33.1 Å². The summed E-state index contributed by atoms with van der Waals surface area (Å²) >= 11 is 0. The summed E-state index contributed by atoms with van der Waals surface area (Å²) in [5.41, 5.74) is 0. The van der Waals surface area contributed by atoms with Crippen LogP contribution < -0.4 is 0 Å². The average molecular weight is 224 g/mol. The van der Waals surface area contributed by atoms with Crippen LogP contribution in [0.25, 0.3) is 0 Å². The molecule has 0 aromatic carbocycles. The third-order valence-corrected chi connectivity index (χ3v) is 3.13. The van der Waals surface area contributed by atoms with Crippen molar-refractivity contribution in [3.8, 4) is 0 Å². The van der Waals surface area contributed by atoms with Crippen molar-refractivity contribution in [2.75, 3.05) is 7.11 Å². The summed E-state index contributed by atoms with van der Waals surface area (Å²) in [7, 11) is 1.34. The van der Waals surface area contributed by atoms with Crippen molar-refractivity contribution in [2.24, 2.45) is 17.8 Å². The van der Waals surface area contributed by atoms with Gasteiger partial charge in [0.25, 0.3) is 0 Å². The Morgan fingerprint density at radius 1 is 1.31 bits per heavy atom. The van der Waals surface area contributed by atoms with Crippen molar-refractivity contribution in [3.63, 3.8) is 0 Å². The Kier molecular flexibility index (Phi) is 4.71. The molecule has 0 radical (unpaired) electrons. The van der Waals surface area contributed by atoms with Gasteiger partial charge < -0.3 is 4.74 Å². The summed E-state index contributed by atoms with van der Waals surface area (Å²) in [6.45, 7) is 3.96. The molecule has 0 aromatic rings. The van der Waals surface area contributed by atoms with Crippen LogP contribution in [0.3, 0.4) is 0 Å². The van der Waals surface area contributed by atoms with Crippen LogP contribution in [0, 0.1) is 17.8 Å². The molecule has 0 fully saturated rings. The number of hydrogen-bond acceptors (Lipinski definition) is 3. The van der Waals surface area contributed by atoms with Gasteiger partial charge >= 0.3 is 5.97 Å². The lowest BCUT2D eigenvalue weighted by atomic mass is 9.85. The highest BCUT2D eigenvalue weighted by molar-refractivity contribution is 5.99. The number of carbonyl (C=O) groups is 2. The second-order valence-electron chi connectivity index (χ2n) is 4.70. The van der Waals surface area contributed by atoms with Gasteiger partial charge in [-0.05, 0) is 24.7 Å². The number of rotatable bonds is 1. The number of carbonyl (C=O) groups excluding carboxylic acids is 2. The molecule has 1 aliphatic rings. The molecule has 0 aliphatic heterocycles. The van der Waals surface area contributed by atoms with E-state index in [9.17, 15) is 9.59 Å². The van der Waals surface area contributed by atoms with E-state index in [0.717, 1.165) is 12.8 Å². The summed E-state index contributed by atoms with van der Waals surface area (Å²) in [6, 6.07) is 0. The molecule has 1 aliphatic carbocycles. The predicted octanol–water partition coefficient (Wildman–Crippen LogP) is 2.36. The van der Waals surface area contributed by atoms with E-state index in [-0.39, 0.29) is 17.7 Å². The molecule has 16 heavy (non-hydrogen) atoms. The number of Topliss-reactive ketones (excluding diaryl/α,β-unsaturated/α-hetero) is 1. The molecule has 0 saturated heterocycles. The van der Waals surface area contributed by atoms with Crippen LogP contribution in [-0.4, -0.2) is 18.9 Å². The molecule has 0 N–H and O–H groups in total. The van der Waals surface area contributed by atoms with Crippen molar-refractivity contribution in [3.05, 3.63) is 12.2 Å². The van der Waals surface area contributed by atoms with E-state index in [4.69, 9.17) is 4.74 Å². The Bertz CT molecular complexity index is 294. The SMILES string of the molecule is COC(=O)C1C(=O)C[C@@H](C)C/C=C\C[C@@H]1C. The Balaban J connectivity index is 2.86. The first-order chi connectivity index (χ1) is 7.56. The van der Waals surface area contributed by atoms with Gasteiger partial charge in [-0.15, -0.1) is 0 Å². The maximum absolute atomic E-state index is 12.0. The molecule has 90 valence electrons. The molecule has 1 unspecified atom stereocenters. The Morgan fingerprint density at radius 3 is 2.56 bits per heavy atom. The number of esters is 1. The molecule has 1 rings (SSSR count). The standard InChI is InChI=1S/C13H20O3/c1-9-6-4-5-7-10(2)12(11(14)8-9)13(15)16-3/h4-5,9-10,12H,6-8H2,1-3H3/b5-4-/t9-,10-,12?/m0/s1. The Labute approximate surface area is 96.9 Å². The molecule has 0 heterocycles. The molecule has 0 aromatic heterocycles. The molecule has 3 nitrogen and oxygen atoms in total. The molecule has 3 heteroatoms. The lowest BCUT2D eigenvalue weighted by Gasteiger charge is -2.19. The fourth-order valence-corrected chi connectivity index (χ4v) is 2.14. The highest BCUT2D eigenvalue weighted by Crippen LogP contribution is 2.25. The maximum Gasteiger partial charge on any atom is 0.316 e. The number of methoxy groups -OCH3 is 1. The van der Waals surface area contributed by atoms with Crippen LogP contribution in [-0.2, 0) is 14.3 Å². The second kappa shape index (κ2) is 5.83. The Hall–Kier alpha value is -1.12. The van der Waals surface area contributed by atoms with Crippen molar-refractivity contribution in [1.82, 2.24) is 0 Å². The topological polar surface area (TPSA) is 43.4 Å². The largest absolute Gasteiger partial charge is 0.468 e. The zero-order valence-electron chi connectivity index (χ0n) is 10.2.